The maximum absolute atomic E-state index is 13.0. The Balaban J connectivity index is 1.93. The maximum atomic E-state index is 13.0. The van der Waals surface area contributed by atoms with Gasteiger partial charge in [-0.15, -0.1) is 11.3 Å². The molecule has 3 rings (SSSR count). The number of aryl methyl sites for hydroxylation is 2. The summed E-state index contributed by atoms with van der Waals surface area (Å²) in [7, 11) is 1.62. The van der Waals surface area contributed by atoms with E-state index in [1.54, 1.807) is 11.7 Å². The molecule has 0 fully saturated rings. The van der Waals surface area contributed by atoms with Crippen LogP contribution in [0.3, 0.4) is 0 Å². The molecule has 0 aliphatic carbocycles. The minimum Gasteiger partial charge on any atom is -0.497 e. The number of thiophene rings is 1. The third kappa shape index (κ3) is 3.76. The first-order valence-corrected chi connectivity index (χ1v) is 9.85. The number of rotatable bonds is 6. The predicted octanol–water partition coefficient (Wildman–Crippen LogP) is 4.28. The van der Waals surface area contributed by atoms with Gasteiger partial charge in [-0.2, -0.15) is 0 Å². The van der Waals surface area contributed by atoms with Gasteiger partial charge in [0, 0.05) is 22.3 Å². The maximum Gasteiger partial charge on any atom is 0.260 e. The Labute approximate surface area is 162 Å². The van der Waals surface area contributed by atoms with Crippen molar-refractivity contribution in [1.82, 2.24) is 9.88 Å². The summed E-state index contributed by atoms with van der Waals surface area (Å²) in [5.41, 5.74) is 1.37. The topological polar surface area (TPSA) is 60.3 Å². The van der Waals surface area contributed by atoms with Crippen LogP contribution in [-0.4, -0.2) is 17.6 Å². The number of aromatic nitrogens is 1. The van der Waals surface area contributed by atoms with Crippen LogP contribution in [0.15, 0.2) is 41.3 Å². The van der Waals surface area contributed by atoms with Gasteiger partial charge < -0.3 is 14.6 Å². The number of carbonyl (C=O) groups excluding carboxylic acids is 1. The Morgan fingerprint density at radius 2 is 1.96 bits per heavy atom. The average molecular weight is 385 g/mol. The molecule has 1 N–H and O–H groups in total. The van der Waals surface area contributed by atoms with Gasteiger partial charge in [0.1, 0.15) is 5.75 Å². The molecule has 0 saturated heterocycles. The number of ether oxygens (including phenoxy) is 1. The lowest BCUT2D eigenvalue weighted by atomic mass is 10.1. The van der Waals surface area contributed by atoms with Gasteiger partial charge in [-0.25, -0.2) is 0 Å². The minimum atomic E-state index is -0.214. The van der Waals surface area contributed by atoms with Crippen LogP contribution in [0.2, 0.25) is 0 Å². The number of carbonyl (C=O) groups is 1. The summed E-state index contributed by atoms with van der Waals surface area (Å²) < 4.78 is 7.71. The van der Waals surface area contributed by atoms with E-state index in [9.17, 15) is 9.59 Å². The molecule has 0 radical (unpaired) electrons. The van der Waals surface area contributed by atoms with E-state index in [1.165, 1.54) is 11.3 Å². The second-order valence-electron chi connectivity index (χ2n) is 6.56. The van der Waals surface area contributed by atoms with Crippen molar-refractivity contribution in [3.63, 3.8) is 0 Å². The Morgan fingerprint density at radius 1 is 1.26 bits per heavy atom. The Bertz CT molecular complexity index is 1020. The molecule has 0 aliphatic heterocycles. The van der Waals surface area contributed by atoms with E-state index in [1.807, 2.05) is 57.3 Å². The number of pyridine rings is 1. The van der Waals surface area contributed by atoms with Crippen LogP contribution in [0.4, 0.5) is 0 Å². The molecule has 5 nitrogen and oxygen atoms in total. The lowest BCUT2D eigenvalue weighted by Crippen LogP contribution is -2.28. The Kier molecular flexibility index (Phi) is 5.65. The van der Waals surface area contributed by atoms with E-state index in [0.717, 1.165) is 27.3 Å². The molecule has 142 valence electrons. The SMILES string of the molecule is CCCn1ccc2sc(C)c(C(=O)N[C@H](C)c3ccc(OC)cc3)c2c1=O. The summed E-state index contributed by atoms with van der Waals surface area (Å²) in [4.78, 5) is 26.7. The first-order chi connectivity index (χ1) is 13.0. The average Bonchev–Trinajstić information content (AvgIpc) is 3.01. The molecule has 27 heavy (non-hydrogen) atoms. The zero-order chi connectivity index (χ0) is 19.6. The lowest BCUT2D eigenvalue weighted by Gasteiger charge is -2.15. The number of hydrogen-bond acceptors (Lipinski definition) is 4. The number of fused-ring (bicyclic) bond motifs is 1. The van der Waals surface area contributed by atoms with Gasteiger partial charge in [-0.3, -0.25) is 9.59 Å². The van der Waals surface area contributed by atoms with Crippen LogP contribution in [0, 0.1) is 6.92 Å². The van der Waals surface area contributed by atoms with Crippen LogP contribution >= 0.6 is 11.3 Å². The van der Waals surface area contributed by atoms with Crippen molar-refractivity contribution in [2.45, 2.75) is 39.8 Å². The normalized spacial score (nSPS) is 12.1. The van der Waals surface area contributed by atoms with E-state index >= 15 is 0 Å². The van der Waals surface area contributed by atoms with Crippen LogP contribution in [0.5, 0.6) is 5.75 Å². The second kappa shape index (κ2) is 7.96. The zero-order valence-electron chi connectivity index (χ0n) is 16.0. The molecule has 1 aromatic carbocycles. The summed E-state index contributed by atoms with van der Waals surface area (Å²) >= 11 is 1.49. The highest BCUT2D eigenvalue weighted by atomic mass is 32.1. The third-order valence-corrected chi connectivity index (χ3v) is 5.72. The summed E-state index contributed by atoms with van der Waals surface area (Å²) in [6.07, 6.45) is 2.68. The standard InChI is InChI=1S/C21H24N2O3S/c1-5-11-23-12-10-17-19(21(23)25)18(14(3)27-17)20(24)22-13(2)15-6-8-16(26-4)9-7-15/h6-10,12-13H,5,11H2,1-4H3,(H,22,24)/t13-/m1/s1. The molecule has 0 bridgehead atoms. The van der Waals surface area contributed by atoms with Crippen molar-refractivity contribution in [2.75, 3.05) is 7.11 Å². The highest BCUT2D eigenvalue weighted by molar-refractivity contribution is 7.19. The van der Waals surface area contributed by atoms with Gasteiger partial charge in [0.2, 0.25) is 0 Å². The molecule has 0 spiro atoms. The number of amides is 1. The third-order valence-electron chi connectivity index (χ3n) is 4.65. The number of methoxy groups -OCH3 is 1. The largest absolute Gasteiger partial charge is 0.497 e. The highest BCUT2D eigenvalue weighted by Crippen LogP contribution is 2.29. The van der Waals surface area contributed by atoms with Gasteiger partial charge in [0.15, 0.2) is 0 Å². The van der Waals surface area contributed by atoms with Crippen molar-refractivity contribution in [2.24, 2.45) is 0 Å². The summed E-state index contributed by atoms with van der Waals surface area (Å²) in [6.45, 7) is 6.49. The quantitative estimate of drug-likeness (QED) is 0.690. The summed E-state index contributed by atoms with van der Waals surface area (Å²) in [6, 6.07) is 9.33. The van der Waals surface area contributed by atoms with E-state index in [-0.39, 0.29) is 17.5 Å². The van der Waals surface area contributed by atoms with Gasteiger partial charge in [-0.1, -0.05) is 19.1 Å². The van der Waals surface area contributed by atoms with E-state index in [4.69, 9.17) is 4.74 Å². The molecule has 3 aromatic rings. The number of nitrogens with one attached hydrogen (secondary N) is 1. The molecule has 1 amide bonds. The Hall–Kier alpha value is -2.60. The lowest BCUT2D eigenvalue weighted by molar-refractivity contribution is 0.0941. The molecular formula is C21H24N2O3S. The number of benzene rings is 1. The number of hydrogen-bond donors (Lipinski definition) is 1. The number of nitrogens with zero attached hydrogens (tertiary/aromatic N) is 1. The van der Waals surface area contributed by atoms with E-state index < -0.39 is 0 Å². The summed E-state index contributed by atoms with van der Waals surface area (Å²) in [5.74, 6) is 0.557. The molecule has 6 heteroatoms. The first kappa shape index (κ1) is 19.2. The smallest absolute Gasteiger partial charge is 0.260 e. The van der Waals surface area contributed by atoms with Crippen molar-refractivity contribution < 1.29 is 9.53 Å². The molecular weight excluding hydrogens is 360 g/mol. The van der Waals surface area contributed by atoms with E-state index in [0.29, 0.717) is 17.5 Å². The van der Waals surface area contributed by atoms with Gasteiger partial charge in [-0.05, 0) is 44.0 Å². The summed E-state index contributed by atoms with van der Waals surface area (Å²) in [5, 5.41) is 3.55. The molecule has 0 unspecified atom stereocenters. The fourth-order valence-corrected chi connectivity index (χ4v) is 4.25. The van der Waals surface area contributed by atoms with Gasteiger partial charge >= 0.3 is 0 Å². The molecule has 0 saturated carbocycles. The minimum absolute atomic E-state index is 0.0963. The predicted molar refractivity (Wildman–Crippen MR) is 110 cm³/mol. The van der Waals surface area contributed by atoms with Gasteiger partial charge in [0.05, 0.1) is 24.1 Å². The first-order valence-electron chi connectivity index (χ1n) is 9.03. The van der Waals surface area contributed by atoms with Crippen molar-refractivity contribution >= 4 is 27.3 Å². The fourth-order valence-electron chi connectivity index (χ4n) is 3.20. The molecule has 0 aliphatic rings. The van der Waals surface area contributed by atoms with Crippen LogP contribution < -0.4 is 15.6 Å². The van der Waals surface area contributed by atoms with Crippen LogP contribution in [0.1, 0.15) is 47.1 Å². The fraction of sp³-hybridized carbons (Fsp3) is 0.333. The monoisotopic (exact) mass is 384 g/mol. The molecule has 1 atom stereocenters. The zero-order valence-corrected chi connectivity index (χ0v) is 16.9. The van der Waals surface area contributed by atoms with Crippen LogP contribution in [0.25, 0.3) is 10.1 Å². The molecule has 2 aromatic heterocycles. The Morgan fingerprint density at radius 3 is 2.59 bits per heavy atom. The van der Waals surface area contributed by atoms with Gasteiger partial charge in [0.25, 0.3) is 11.5 Å². The van der Waals surface area contributed by atoms with Crippen molar-refractivity contribution in [3.8, 4) is 5.75 Å². The highest BCUT2D eigenvalue weighted by Gasteiger charge is 2.21. The van der Waals surface area contributed by atoms with Crippen LogP contribution in [-0.2, 0) is 6.54 Å². The van der Waals surface area contributed by atoms with Crippen molar-refractivity contribution in [3.05, 3.63) is 62.9 Å². The van der Waals surface area contributed by atoms with E-state index in [2.05, 4.69) is 5.32 Å². The second-order valence-corrected chi connectivity index (χ2v) is 7.81. The molecule has 2 heterocycles. The van der Waals surface area contributed by atoms with Crippen molar-refractivity contribution in [1.29, 1.82) is 0 Å².